The van der Waals surface area contributed by atoms with Gasteiger partial charge in [-0.1, -0.05) is 39.0 Å². The maximum absolute atomic E-state index is 10.1. The zero-order chi connectivity index (χ0) is 12.2. The van der Waals surface area contributed by atoms with E-state index in [0.29, 0.717) is 0 Å². The van der Waals surface area contributed by atoms with Gasteiger partial charge in [-0.2, -0.15) is 0 Å². The number of aliphatic hydroxyl groups is 1. The molecule has 0 bridgehead atoms. The molecule has 0 amide bonds. The fourth-order valence-electron chi connectivity index (χ4n) is 1.53. The van der Waals surface area contributed by atoms with E-state index in [-0.39, 0.29) is 48.2 Å². The summed E-state index contributed by atoms with van der Waals surface area (Å²) in [5, 5.41) is 19.4. The van der Waals surface area contributed by atoms with Crippen molar-refractivity contribution in [3.05, 3.63) is 11.8 Å². The molecule has 0 aliphatic rings. The molecule has 0 aliphatic carbocycles. The van der Waals surface area contributed by atoms with E-state index in [1.54, 1.807) is 6.08 Å². The maximum atomic E-state index is 10.1. The molecule has 3 nitrogen and oxygen atoms in total. The van der Waals surface area contributed by atoms with Crippen molar-refractivity contribution < 1.29 is 44.6 Å². The number of rotatable bonds is 10. The van der Waals surface area contributed by atoms with E-state index in [2.05, 4.69) is 6.92 Å². The molecule has 0 heterocycles. The van der Waals surface area contributed by atoms with E-state index < -0.39 is 5.97 Å². The Balaban J connectivity index is 0. The second kappa shape index (κ2) is 14.1. The molecule has 0 saturated heterocycles. The van der Waals surface area contributed by atoms with E-state index in [4.69, 9.17) is 0 Å². The number of carbonyl (C=O) groups is 1. The van der Waals surface area contributed by atoms with Crippen molar-refractivity contribution in [1.82, 2.24) is 0 Å². The van der Waals surface area contributed by atoms with Crippen molar-refractivity contribution in [2.75, 3.05) is 0 Å². The summed E-state index contributed by atoms with van der Waals surface area (Å²) in [4.78, 5) is 10.1. The van der Waals surface area contributed by atoms with Crippen LogP contribution in [-0.4, -0.2) is 11.1 Å². The first-order valence-electron chi connectivity index (χ1n) is 6.24. The Morgan fingerprint density at radius 2 is 1.71 bits per heavy atom. The van der Waals surface area contributed by atoms with Crippen molar-refractivity contribution in [3.8, 4) is 0 Å². The third-order valence-electron chi connectivity index (χ3n) is 2.52. The average molecular weight is 250 g/mol. The topological polar surface area (TPSA) is 60.4 Å². The standard InChI is InChI=1S/C13H24O3.Na/c1-2-3-4-5-6-7-8-9-12(14)10-11-13(15)16;/h9,14H,2-8,10-11H2,1H3,(H,15,16);/q;+1/p-1. The van der Waals surface area contributed by atoms with Crippen molar-refractivity contribution >= 4 is 5.97 Å². The van der Waals surface area contributed by atoms with Crippen LogP contribution in [0.15, 0.2) is 11.8 Å². The number of aliphatic hydroxyl groups excluding tert-OH is 1. The van der Waals surface area contributed by atoms with Crippen molar-refractivity contribution in [3.63, 3.8) is 0 Å². The van der Waals surface area contributed by atoms with Crippen LogP contribution in [0.2, 0.25) is 0 Å². The van der Waals surface area contributed by atoms with Gasteiger partial charge in [0, 0.05) is 12.4 Å². The van der Waals surface area contributed by atoms with Crippen molar-refractivity contribution in [2.24, 2.45) is 0 Å². The molecule has 0 spiro atoms. The molecule has 0 unspecified atom stereocenters. The van der Waals surface area contributed by atoms with Crippen LogP contribution in [0.1, 0.15) is 64.7 Å². The number of unbranched alkanes of at least 4 members (excludes halogenated alkanes) is 6. The van der Waals surface area contributed by atoms with Crippen LogP contribution in [0.4, 0.5) is 0 Å². The average Bonchev–Trinajstić information content (AvgIpc) is 2.25. The Labute approximate surface area is 127 Å². The number of carbonyl (C=O) groups excluding carboxylic acids is 1. The number of hydrogen-bond donors (Lipinski definition) is 1. The summed E-state index contributed by atoms with van der Waals surface area (Å²) >= 11 is 0. The summed E-state index contributed by atoms with van der Waals surface area (Å²) in [6, 6.07) is 0. The molecule has 0 aromatic heterocycles. The van der Waals surface area contributed by atoms with E-state index >= 15 is 0 Å². The minimum atomic E-state index is -1.11. The van der Waals surface area contributed by atoms with Gasteiger partial charge in [-0.3, -0.25) is 0 Å². The summed E-state index contributed by atoms with van der Waals surface area (Å²) in [7, 11) is 0. The molecule has 4 heteroatoms. The Morgan fingerprint density at radius 3 is 2.29 bits per heavy atom. The molecule has 0 rings (SSSR count). The molecule has 0 fully saturated rings. The number of aliphatic carboxylic acids is 1. The first-order chi connectivity index (χ1) is 7.66. The molecule has 1 N–H and O–H groups in total. The summed E-state index contributed by atoms with van der Waals surface area (Å²) in [6.45, 7) is 2.19. The molecule has 0 aromatic carbocycles. The SMILES string of the molecule is CCCCCCCCC=C(O)CCC(=O)[O-].[Na+]. The third kappa shape index (κ3) is 16.0. The summed E-state index contributed by atoms with van der Waals surface area (Å²) < 4.78 is 0. The summed E-state index contributed by atoms with van der Waals surface area (Å²) in [6.07, 6.45) is 10.0. The van der Waals surface area contributed by atoms with Gasteiger partial charge in [0.1, 0.15) is 0 Å². The first-order valence-corrected chi connectivity index (χ1v) is 6.24. The number of hydrogen-bond acceptors (Lipinski definition) is 3. The molecule has 0 aromatic rings. The molecular weight excluding hydrogens is 227 g/mol. The van der Waals surface area contributed by atoms with Crippen LogP contribution in [0.5, 0.6) is 0 Å². The number of carboxylic acid groups (broad SMARTS) is 1. The van der Waals surface area contributed by atoms with Gasteiger partial charge in [-0.25, -0.2) is 0 Å². The van der Waals surface area contributed by atoms with Crippen molar-refractivity contribution in [1.29, 1.82) is 0 Å². The van der Waals surface area contributed by atoms with Gasteiger partial charge >= 0.3 is 29.6 Å². The Hall–Kier alpha value is 0.0100. The molecule has 17 heavy (non-hydrogen) atoms. The monoisotopic (exact) mass is 250 g/mol. The van der Waals surface area contributed by atoms with Crippen LogP contribution in [0.25, 0.3) is 0 Å². The van der Waals surface area contributed by atoms with Crippen LogP contribution >= 0.6 is 0 Å². The quantitative estimate of drug-likeness (QED) is 0.329. The van der Waals surface area contributed by atoms with Crippen LogP contribution < -0.4 is 34.7 Å². The van der Waals surface area contributed by atoms with Gasteiger partial charge in [0.05, 0.1) is 5.76 Å². The fraction of sp³-hybridized carbons (Fsp3) is 0.769. The van der Waals surface area contributed by atoms with Gasteiger partial charge in [-0.05, 0) is 25.3 Å². The minimum Gasteiger partial charge on any atom is -0.550 e. The largest absolute Gasteiger partial charge is 1.00 e. The zero-order valence-electron chi connectivity index (χ0n) is 11.2. The van der Waals surface area contributed by atoms with E-state index in [0.717, 1.165) is 12.8 Å². The van der Waals surface area contributed by atoms with Crippen LogP contribution in [-0.2, 0) is 4.79 Å². The third-order valence-corrected chi connectivity index (χ3v) is 2.52. The molecule has 0 radical (unpaired) electrons. The summed E-state index contributed by atoms with van der Waals surface area (Å²) in [5.74, 6) is -0.933. The normalized spacial score (nSPS) is 11.0. The molecular formula is C13H23NaO3. The van der Waals surface area contributed by atoms with E-state index in [1.165, 1.54) is 32.1 Å². The van der Waals surface area contributed by atoms with Gasteiger partial charge < -0.3 is 15.0 Å². The molecule has 0 atom stereocenters. The second-order valence-corrected chi connectivity index (χ2v) is 4.12. The van der Waals surface area contributed by atoms with E-state index in [9.17, 15) is 15.0 Å². The Kier molecular flexibility index (Phi) is 16.0. The smallest absolute Gasteiger partial charge is 0.550 e. The van der Waals surface area contributed by atoms with Crippen LogP contribution in [0.3, 0.4) is 0 Å². The van der Waals surface area contributed by atoms with Gasteiger partial charge in [-0.15, -0.1) is 0 Å². The fourth-order valence-corrected chi connectivity index (χ4v) is 1.53. The Morgan fingerprint density at radius 1 is 1.12 bits per heavy atom. The predicted molar refractivity (Wildman–Crippen MR) is 62.9 cm³/mol. The maximum Gasteiger partial charge on any atom is 1.00 e. The predicted octanol–water partition coefficient (Wildman–Crippen LogP) is -0.287. The van der Waals surface area contributed by atoms with Crippen LogP contribution in [0, 0.1) is 0 Å². The van der Waals surface area contributed by atoms with Crippen molar-refractivity contribution in [2.45, 2.75) is 64.7 Å². The zero-order valence-corrected chi connectivity index (χ0v) is 13.2. The molecule has 0 saturated carbocycles. The number of carboxylic acids is 1. The molecule has 0 aliphatic heterocycles. The second-order valence-electron chi connectivity index (χ2n) is 4.12. The summed E-state index contributed by atoms with van der Waals surface area (Å²) in [5.41, 5.74) is 0. The van der Waals surface area contributed by atoms with Gasteiger partial charge in [0.15, 0.2) is 0 Å². The van der Waals surface area contributed by atoms with E-state index in [1.807, 2.05) is 0 Å². The Bertz CT molecular complexity index is 215. The minimum absolute atomic E-state index is 0. The van der Waals surface area contributed by atoms with Gasteiger partial charge in [0.2, 0.25) is 0 Å². The number of allylic oxidation sites excluding steroid dienone is 2. The molecule has 94 valence electrons. The van der Waals surface area contributed by atoms with Gasteiger partial charge in [0.25, 0.3) is 0 Å². The first kappa shape index (κ1) is 19.4.